The van der Waals surface area contributed by atoms with Crippen molar-refractivity contribution in [3.63, 3.8) is 0 Å². The lowest BCUT2D eigenvalue weighted by Crippen LogP contribution is -2.26. The van der Waals surface area contributed by atoms with Gasteiger partial charge in [-0.15, -0.1) is 0 Å². The van der Waals surface area contributed by atoms with E-state index in [4.69, 9.17) is 10.00 Å². The fourth-order valence-electron chi connectivity index (χ4n) is 2.65. The normalized spacial score (nSPS) is 20.9. The Morgan fingerprint density at radius 3 is 2.62 bits per heavy atom. The quantitative estimate of drug-likeness (QED) is 0.932. The third-order valence-corrected chi connectivity index (χ3v) is 3.94. The van der Waals surface area contributed by atoms with Gasteiger partial charge in [-0.25, -0.2) is 0 Å². The molecular formula is C16H15F3N4O. The first-order valence-corrected chi connectivity index (χ1v) is 7.41. The molecule has 1 saturated heterocycles. The van der Waals surface area contributed by atoms with Crippen LogP contribution in [0, 0.1) is 11.3 Å². The van der Waals surface area contributed by atoms with Gasteiger partial charge in [0.2, 0.25) is 0 Å². The number of aromatic nitrogens is 2. The van der Waals surface area contributed by atoms with Crippen LogP contribution in [0.2, 0.25) is 0 Å². The van der Waals surface area contributed by atoms with E-state index in [0.717, 1.165) is 12.1 Å². The van der Waals surface area contributed by atoms with E-state index in [9.17, 15) is 13.2 Å². The second-order valence-corrected chi connectivity index (χ2v) is 5.56. The number of rotatable bonds is 4. The Morgan fingerprint density at radius 1 is 1.25 bits per heavy atom. The summed E-state index contributed by atoms with van der Waals surface area (Å²) in [6, 6.07) is 8.49. The first kappa shape index (κ1) is 16.5. The third kappa shape index (κ3) is 3.58. The molecule has 2 aromatic rings. The Morgan fingerprint density at radius 2 is 2.00 bits per heavy atom. The Hall–Kier alpha value is -2.37. The van der Waals surface area contributed by atoms with Gasteiger partial charge in [0.1, 0.15) is 6.07 Å². The van der Waals surface area contributed by atoms with Gasteiger partial charge < -0.3 is 10.1 Å². The maximum absolute atomic E-state index is 12.5. The maximum Gasteiger partial charge on any atom is 0.416 e. The van der Waals surface area contributed by atoms with Crippen LogP contribution >= 0.6 is 0 Å². The summed E-state index contributed by atoms with van der Waals surface area (Å²) in [6.07, 6.45) is -2.78. The summed E-state index contributed by atoms with van der Waals surface area (Å²) >= 11 is 0. The second kappa shape index (κ2) is 6.63. The Kier molecular flexibility index (Phi) is 4.55. The van der Waals surface area contributed by atoms with Crippen molar-refractivity contribution < 1.29 is 17.9 Å². The summed E-state index contributed by atoms with van der Waals surface area (Å²) < 4.78 is 45.2. The highest BCUT2D eigenvalue weighted by atomic mass is 19.4. The van der Waals surface area contributed by atoms with E-state index in [2.05, 4.69) is 10.4 Å². The van der Waals surface area contributed by atoms with Crippen LogP contribution in [0.5, 0.6) is 0 Å². The van der Waals surface area contributed by atoms with Crippen molar-refractivity contribution in [2.75, 3.05) is 13.1 Å². The molecule has 0 spiro atoms. The van der Waals surface area contributed by atoms with Crippen molar-refractivity contribution in [3.05, 3.63) is 53.3 Å². The van der Waals surface area contributed by atoms with Gasteiger partial charge in [-0.05, 0) is 23.8 Å². The smallest absolute Gasteiger partial charge is 0.370 e. The van der Waals surface area contributed by atoms with Crippen molar-refractivity contribution in [1.82, 2.24) is 15.1 Å². The lowest BCUT2D eigenvalue weighted by Gasteiger charge is -2.19. The van der Waals surface area contributed by atoms with Crippen molar-refractivity contribution in [2.24, 2.45) is 0 Å². The molecule has 0 radical (unpaired) electrons. The molecule has 126 valence electrons. The highest BCUT2D eigenvalue weighted by Crippen LogP contribution is 2.29. The minimum absolute atomic E-state index is 0.0541. The van der Waals surface area contributed by atoms with Gasteiger partial charge in [-0.3, -0.25) is 4.68 Å². The summed E-state index contributed by atoms with van der Waals surface area (Å²) in [6.45, 7) is 1.49. The van der Waals surface area contributed by atoms with E-state index in [1.54, 1.807) is 16.9 Å². The number of alkyl halides is 3. The Bertz CT molecular complexity index is 733. The first-order valence-electron chi connectivity index (χ1n) is 7.41. The molecule has 1 aromatic heterocycles. The summed E-state index contributed by atoms with van der Waals surface area (Å²) in [5, 5.41) is 16.2. The zero-order chi connectivity index (χ0) is 17.2. The molecule has 1 aliphatic rings. The molecule has 24 heavy (non-hydrogen) atoms. The highest BCUT2D eigenvalue weighted by Gasteiger charge is 2.31. The fourth-order valence-corrected chi connectivity index (χ4v) is 2.65. The van der Waals surface area contributed by atoms with Crippen LogP contribution in [0.15, 0.2) is 36.5 Å². The molecule has 0 unspecified atom stereocenters. The van der Waals surface area contributed by atoms with Crippen molar-refractivity contribution in [2.45, 2.75) is 24.9 Å². The fraction of sp³-hybridized carbons (Fsp3) is 0.375. The number of hydrogen-bond acceptors (Lipinski definition) is 4. The second-order valence-electron chi connectivity index (χ2n) is 5.56. The van der Waals surface area contributed by atoms with Gasteiger partial charge in [0.25, 0.3) is 0 Å². The SMILES string of the molecule is N#Cc1ccn([C@@H]2CNC[C@H]2OCc2ccc(C(F)(F)F)cc2)n1. The van der Waals surface area contributed by atoms with Gasteiger partial charge in [0.15, 0.2) is 5.69 Å². The molecule has 1 aromatic carbocycles. The topological polar surface area (TPSA) is 62.9 Å². The molecule has 0 bridgehead atoms. The molecule has 0 aliphatic carbocycles. The lowest BCUT2D eigenvalue weighted by atomic mass is 10.1. The molecule has 2 heterocycles. The van der Waals surface area contributed by atoms with Crippen molar-refractivity contribution in [1.29, 1.82) is 5.26 Å². The minimum atomic E-state index is -4.33. The van der Waals surface area contributed by atoms with E-state index in [1.807, 2.05) is 6.07 Å². The van der Waals surface area contributed by atoms with Crippen LogP contribution in [-0.2, 0) is 17.5 Å². The first-order chi connectivity index (χ1) is 11.5. The maximum atomic E-state index is 12.5. The molecule has 0 saturated carbocycles. The Balaban J connectivity index is 1.62. The zero-order valence-corrected chi connectivity index (χ0v) is 12.6. The largest absolute Gasteiger partial charge is 0.416 e. The molecule has 3 rings (SSSR count). The number of nitrogens with zero attached hydrogens (tertiary/aromatic N) is 3. The van der Waals surface area contributed by atoms with Gasteiger partial charge in [0, 0.05) is 19.3 Å². The van der Waals surface area contributed by atoms with E-state index in [1.165, 1.54) is 12.1 Å². The van der Waals surface area contributed by atoms with E-state index < -0.39 is 11.7 Å². The zero-order valence-electron chi connectivity index (χ0n) is 12.6. The van der Waals surface area contributed by atoms with E-state index in [0.29, 0.717) is 24.3 Å². The average molecular weight is 336 g/mol. The lowest BCUT2D eigenvalue weighted by molar-refractivity contribution is -0.137. The monoisotopic (exact) mass is 336 g/mol. The molecule has 5 nitrogen and oxygen atoms in total. The molecule has 0 amide bonds. The number of benzene rings is 1. The number of halogens is 3. The average Bonchev–Trinajstić information content (AvgIpc) is 3.21. The number of nitrogens with one attached hydrogen (secondary N) is 1. The molecule has 1 fully saturated rings. The van der Waals surface area contributed by atoms with Crippen molar-refractivity contribution >= 4 is 0 Å². The van der Waals surface area contributed by atoms with Crippen LogP contribution < -0.4 is 5.32 Å². The summed E-state index contributed by atoms with van der Waals surface area (Å²) in [4.78, 5) is 0. The summed E-state index contributed by atoms with van der Waals surface area (Å²) in [7, 11) is 0. The van der Waals surface area contributed by atoms with Crippen LogP contribution in [0.25, 0.3) is 0 Å². The van der Waals surface area contributed by atoms with Crippen LogP contribution in [0.3, 0.4) is 0 Å². The molecule has 8 heteroatoms. The predicted molar refractivity (Wildman–Crippen MR) is 78.9 cm³/mol. The highest BCUT2D eigenvalue weighted by molar-refractivity contribution is 5.24. The molecule has 1 N–H and O–H groups in total. The predicted octanol–water partition coefficient (Wildman–Crippen LogP) is 2.50. The number of nitriles is 1. The third-order valence-electron chi connectivity index (χ3n) is 3.94. The molecular weight excluding hydrogens is 321 g/mol. The minimum Gasteiger partial charge on any atom is -0.370 e. The van der Waals surface area contributed by atoms with Crippen LogP contribution in [-0.4, -0.2) is 29.0 Å². The van der Waals surface area contributed by atoms with Crippen LogP contribution in [0.4, 0.5) is 13.2 Å². The van der Waals surface area contributed by atoms with E-state index >= 15 is 0 Å². The van der Waals surface area contributed by atoms with Gasteiger partial charge in [-0.2, -0.15) is 23.5 Å². The standard InChI is InChI=1S/C16H15F3N4O/c17-16(18,19)12-3-1-11(2-4-12)10-24-15-9-21-8-14(15)23-6-5-13(7-20)22-23/h1-6,14-15,21H,8-10H2/t14-,15-/m1/s1. The van der Waals surface area contributed by atoms with E-state index in [-0.39, 0.29) is 18.8 Å². The van der Waals surface area contributed by atoms with Gasteiger partial charge in [0.05, 0.1) is 24.3 Å². The number of hydrogen-bond donors (Lipinski definition) is 1. The van der Waals surface area contributed by atoms with Gasteiger partial charge >= 0.3 is 6.18 Å². The molecule has 1 aliphatic heterocycles. The molecule has 2 atom stereocenters. The number of ether oxygens (including phenoxy) is 1. The van der Waals surface area contributed by atoms with Crippen LogP contribution in [0.1, 0.15) is 22.9 Å². The van der Waals surface area contributed by atoms with Crippen molar-refractivity contribution in [3.8, 4) is 6.07 Å². The summed E-state index contributed by atoms with van der Waals surface area (Å²) in [5.74, 6) is 0. The Labute approximate surface area is 136 Å². The van der Waals surface area contributed by atoms with Gasteiger partial charge in [-0.1, -0.05) is 12.1 Å². The summed E-state index contributed by atoms with van der Waals surface area (Å²) in [5.41, 5.74) is 0.336.